The van der Waals surface area contributed by atoms with E-state index in [0.29, 0.717) is 11.3 Å². The zero-order chi connectivity index (χ0) is 14.7. The summed E-state index contributed by atoms with van der Waals surface area (Å²) in [6.07, 6.45) is 0. The first-order chi connectivity index (χ1) is 9.51. The maximum atomic E-state index is 14.0. The Labute approximate surface area is 127 Å². The molecule has 0 aliphatic carbocycles. The van der Waals surface area contributed by atoms with Gasteiger partial charge in [0.05, 0.1) is 13.2 Å². The number of methoxy groups -OCH3 is 1. The van der Waals surface area contributed by atoms with Crippen molar-refractivity contribution in [3.63, 3.8) is 0 Å². The van der Waals surface area contributed by atoms with Crippen molar-refractivity contribution in [2.24, 2.45) is 0 Å². The van der Waals surface area contributed by atoms with Gasteiger partial charge >= 0.3 is 0 Å². The second-order valence-corrected chi connectivity index (χ2v) is 5.59. The summed E-state index contributed by atoms with van der Waals surface area (Å²) >= 11 is 3.51. The van der Waals surface area contributed by atoms with Crippen LogP contribution in [0.15, 0.2) is 40.9 Å². The molecular formula is C16H17BrFNO. The number of rotatable bonds is 4. The van der Waals surface area contributed by atoms with Crippen molar-refractivity contribution in [1.29, 1.82) is 0 Å². The molecule has 0 fully saturated rings. The molecule has 0 heterocycles. The molecule has 2 rings (SSSR count). The Bertz CT molecular complexity index is 615. The molecule has 1 N–H and O–H groups in total. The van der Waals surface area contributed by atoms with Gasteiger partial charge in [-0.1, -0.05) is 12.1 Å². The van der Waals surface area contributed by atoms with Crippen LogP contribution in [0.5, 0.6) is 5.75 Å². The van der Waals surface area contributed by atoms with Crippen molar-refractivity contribution < 1.29 is 9.13 Å². The molecule has 0 radical (unpaired) electrons. The fourth-order valence-electron chi connectivity index (χ4n) is 2.03. The SMILES string of the molecule is COc1ccc(C(C)Nc2ccc(C)cc2Br)c(F)c1. The summed E-state index contributed by atoms with van der Waals surface area (Å²) in [5, 5.41) is 3.30. The van der Waals surface area contributed by atoms with Gasteiger partial charge in [-0.25, -0.2) is 4.39 Å². The second kappa shape index (κ2) is 6.27. The quantitative estimate of drug-likeness (QED) is 0.840. The standard InChI is InChI=1S/C16H17BrFNO/c1-10-4-7-16(14(17)8-10)19-11(2)13-6-5-12(20-3)9-15(13)18/h4-9,11,19H,1-3H3. The number of ether oxygens (including phenoxy) is 1. The normalized spacial score (nSPS) is 12.1. The van der Waals surface area contributed by atoms with E-state index in [4.69, 9.17) is 4.74 Å². The molecule has 20 heavy (non-hydrogen) atoms. The lowest BCUT2D eigenvalue weighted by molar-refractivity contribution is 0.410. The van der Waals surface area contributed by atoms with Crippen LogP contribution < -0.4 is 10.1 Å². The Kier molecular flexibility index (Phi) is 4.65. The van der Waals surface area contributed by atoms with Gasteiger partial charge in [0, 0.05) is 21.8 Å². The van der Waals surface area contributed by atoms with Gasteiger partial charge < -0.3 is 10.1 Å². The summed E-state index contributed by atoms with van der Waals surface area (Å²) in [4.78, 5) is 0. The molecular weight excluding hydrogens is 321 g/mol. The van der Waals surface area contributed by atoms with E-state index >= 15 is 0 Å². The van der Waals surface area contributed by atoms with E-state index in [9.17, 15) is 4.39 Å². The Morgan fingerprint density at radius 2 is 1.95 bits per heavy atom. The molecule has 2 aromatic carbocycles. The van der Waals surface area contributed by atoms with Gasteiger partial charge in [-0.15, -0.1) is 0 Å². The van der Waals surface area contributed by atoms with Crippen LogP contribution in [0.3, 0.4) is 0 Å². The number of benzene rings is 2. The van der Waals surface area contributed by atoms with E-state index in [1.807, 2.05) is 32.0 Å². The molecule has 4 heteroatoms. The number of aryl methyl sites for hydroxylation is 1. The molecule has 2 nitrogen and oxygen atoms in total. The largest absolute Gasteiger partial charge is 0.497 e. The van der Waals surface area contributed by atoms with Crippen molar-refractivity contribution in [2.75, 3.05) is 12.4 Å². The highest BCUT2D eigenvalue weighted by Crippen LogP contribution is 2.29. The summed E-state index contributed by atoms with van der Waals surface area (Å²) in [6, 6.07) is 10.8. The van der Waals surface area contributed by atoms with E-state index in [0.717, 1.165) is 10.2 Å². The topological polar surface area (TPSA) is 21.3 Å². The molecule has 0 aromatic heterocycles. The second-order valence-electron chi connectivity index (χ2n) is 4.74. The van der Waals surface area contributed by atoms with E-state index in [1.54, 1.807) is 12.1 Å². The molecule has 0 aliphatic heterocycles. The first-order valence-corrected chi connectivity index (χ1v) is 7.16. The third-order valence-corrected chi connectivity index (χ3v) is 3.83. The maximum Gasteiger partial charge on any atom is 0.132 e. The smallest absolute Gasteiger partial charge is 0.132 e. The summed E-state index contributed by atoms with van der Waals surface area (Å²) in [5.41, 5.74) is 2.72. The van der Waals surface area contributed by atoms with Crippen LogP contribution in [0.1, 0.15) is 24.1 Å². The first-order valence-electron chi connectivity index (χ1n) is 6.37. The van der Waals surface area contributed by atoms with E-state index in [1.165, 1.54) is 18.7 Å². The summed E-state index contributed by atoms with van der Waals surface area (Å²) in [7, 11) is 1.53. The van der Waals surface area contributed by atoms with Gasteiger partial charge in [-0.3, -0.25) is 0 Å². The molecule has 1 unspecified atom stereocenters. The van der Waals surface area contributed by atoms with Gasteiger partial charge in [0.1, 0.15) is 11.6 Å². The molecule has 0 saturated heterocycles. The monoisotopic (exact) mass is 337 g/mol. The zero-order valence-corrected chi connectivity index (χ0v) is 13.3. The zero-order valence-electron chi connectivity index (χ0n) is 11.7. The Hall–Kier alpha value is -1.55. The summed E-state index contributed by atoms with van der Waals surface area (Å²) in [5.74, 6) is 0.252. The van der Waals surface area contributed by atoms with Crippen LogP contribution in [0, 0.1) is 12.7 Å². The first kappa shape index (κ1) is 14.9. The minimum absolute atomic E-state index is 0.139. The molecule has 0 amide bonds. The Morgan fingerprint density at radius 1 is 1.20 bits per heavy atom. The van der Waals surface area contributed by atoms with E-state index < -0.39 is 0 Å². The highest BCUT2D eigenvalue weighted by molar-refractivity contribution is 9.10. The molecule has 2 aromatic rings. The number of hydrogen-bond acceptors (Lipinski definition) is 2. The van der Waals surface area contributed by atoms with Crippen LogP contribution in [0.2, 0.25) is 0 Å². The summed E-state index contributed by atoms with van der Waals surface area (Å²) < 4.78 is 20.0. The van der Waals surface area contributed by atoms with Crippen LogP contribution >= 0.6 is 15.9 Å². The fraction of sp³-hybridized carbons (Fsp3) is 0.250. The molecule has 0 bridgehead atoms. The Balaban J connectivity index is 2.21. The van der Waals surface area contributed by atoms with Gasteiger partial charge in [-0.05, 0) is 53.5 Å². The average molecular weight is 338 g/mol. The number of anilines is 1. The number of halogens is 2. The van der Waals surface area contributed by atoms with Crippen LogP contribution in [0.25, 0.3) is 0 Å². The van der Waals surface area contributed by atoms with Gasteiger partial charge in [0.2, 0.25) is 0 Å². The lowest BCUT2D eigenvalue weighted by Crippen LogP contribution is -2.09. The average Bonchev–Trinajstić information content (AvgIpc) is 2.41. The summed E-state index contributed by atoms with van der Waals surface area (Å²) in [6.45, 7) is 3.96. The minimum atomic E-state index is -0.271. The highest BCUT2D eigenvalue weighted by atomic mass is 79.9. The lowest BCUT2D eigenvalue weighted by atomic mass is 10.1. The van der Waals surface area contributed by atoms with Gasteiger partial charge in [0.15, 0.2) is 0 Å². The fourth-order valence-corrected chi connectivity index (χ4v) is 2.64. The van der Waals surface area contributed by atoms with E-state index in [2.05, 4.69) is 21.2 Å². The minimum Gasteiger partial charge on any atom is -0.497 e. The molecule has 0 spiro atoms. The van der Waals surface area contributed by atoms with Crippen molar-refractivity contribution >= 4 is 21.6 Å². The van der Waals surface area contributed by atoms with Crippen LogP contribution in [0.4, 0.5) is 10.1 Å². The third-order valence-electron chi connectivity index (χ3n) is 3.17. The van der Waals surface area contributed by atoms with Gasteiger partial charge in [0.25, 0.3) is 0 Å². The molecule has 0 aliphatic rings. The van der Waals surface area contributed by atoms with Crippen LogP contribution in [-0.4, -0.2) is 7.11 Å². The third kappa shape index (κ3) is 3.31. The van der Waals surface area contributed by atoms with Crippen molar-refractivity contribution in [2.45, 2.75) is 19.9 Å². The number of nitrogens with one attached hydrogen (secondary N) is 1. The Morgan fingerprint density at radius 3 is 2.55 bits per heavy atom. The highest BCUT2D eigenvalue weighted by Gasteiger charge is 2.13. The predicted molar refractivity (Wildman–Crippen MR) is 83.9 cm³/mol. The van der Waals surface area contributed by atoms with E-state index in [-0.39, 0.29) is 11.9 Å². The van der Waals surface area contributed by atoms with Crippen molar-refractivity contribution in [3.8, 4) is 5.75 Å². The predicted octanol–water partition coefficient (Wildman–Crippen LogP) is 5.08. The molecule has 106 valence electrons. The molecule has 1 atom stereocenters. The van der Waals surface area contributed by atoms with Crippen molar-refractivity contribution in [1.82, 2.24) is 0 Å². The molecule has 0 saturated carbocycles. The maximum absolute atomic E-state index is 14.0. The van der Waals surface area contributed by atoms with Crippen molar-refractivity contribution in [3.05, 3.63) is 57.8 Å². The lowest BCUT2D eigenvalue weighted by Gasteiger charge is -2.18. The van der Waals surface area contributed by atoms with Gasteiger partial charge in [-0.2, -0.15) is 0 Å². The number of hydrogen-bond donors (Lipinski definition) is 1. The van der Waals surface area contributed by atoms with Crippen LogP contribution in [-0.2, 0) is 0 Å².